The maximum Gasteiger partial charge on any atom is 0.147 e. The summed E-state index contributed by atoms with van der Waals surface area (Å²) in [6.07, 6.45) is 3.56. The van der Waals surface area contributed by atoms with Crippen LogP contribution in [-0.4, -0.2) is 9.97 Å². The minimum atomic E-state index is 0.256. The molecule has 0 aliphatic rings. The molecule has 0 aliphatic heterocycles. The molecule has 0 fully saturated rings. The van der Waals surface area contributed by atoms with E-state index in [0.717, 1.165) is 11.1 Å². The van der Waals surface area contributed by atoms with Gasteiger partial charge in [0.25, 0.3) is 0 Å². The highest BCUT2D eigenvalue weighted by Crippen LogP contribution is 2.27. The van der Waals surface area contributed by atoms with E-state index < -0.39 is 0 Å². The predicted octanol–water partition coefficient (Wildman–Crippen LogP) is 3.29. The highest BCUT2D eigenvalue weighted by atomic mass is 35.5. The van der Waals surface area contributed by atoms with Crippen molar-refractivity contribution in [1.29, 1.82) is 0 Å². The monoisotopic (exact) mass is 282 g/mol. The molecule has 0 atom stereocenters. The average Bonchev–Trinajstić information content (AvgIpc) is 2.34. The molecule has 0 unspecified atom stereocenters. The van der Waals surface area contributed by atoms with E-state index in [1.54, 1.807) is 18.5 Å². The van der Waals surface area contributed by atoms with Gasteiger partial charge in [0.05, 0.1) is 10.0 Å². The fourth-order valence-corrected chi connectivity index (χ4v) is 1.89. The van der Waals surface area contributed by atoms with E-state index in [1.807, 2.05) is 13.0 Å². The van der Waals surface area contributed by atoms with Crippen LogP contribution in [0, 0.1) is 6.92 Å². The normalized spacial score (nSPS) is 10.4. The number of nitrogens with one attached hydrogen (secondary N) is 1. The Morgan fingerprint density at radius 2 is 2.11 bits per heavy atom. The Morgan fingerprint density at radius 1 is 1.33 bits per heavy atom. The number of aromatic nitrogens is 2. The highest BCUT2D eigenvalue weighted by molar-refractivity contribution is 6.37. The van der Waals surface area contributed by atoms with Crippen molar-refractivity contribution in [3.63, 3.8) is 0 Å². The summed E-state index contributed by atoms with van der Waals surface area (Å²) in [7, 11) is 0. The molecule has 0 aromatic carbocycles. The fraction of sp³-hybridized carbons (Fsp3) is 0.167. The van der Waals surface area contributed by atoms with Gasteiger partial charge in [-0.2, -0.15) is 0 Å². The first kappa shape index (κ1) is 12.9. The van der Waals surface area contributed by atoms with Gasteiger partial charge in [-0.25, -0.2) is 4.98 Å². The van der Waals surface area contributed by atoms with Gasteiger partial charge in [0.2, 0.25) is 0 Å². The summed E-state index contributed by atoms with van der Waals surface area (Å²) in [5.74, 6) is 0.772. The van der Waals surface area contributed by atoms with Crippen LogP contribution in [-0.2, 0) is 6.54 Å². The van der Waals surface area contributed by atoms with Crippen molar-refractivity contribution in [2.24, 2.45) is 0 Å². The lowest BCUT2D eigenvalue weighted by Gasteiger charge is -2.10. The zero-order chi connectivity index (χ0) is 13.1. The second kappa shape index (κ2) is 5.42. The van der Waals surface area contributed by atoms with Gasteiger partial charge in [0.1, 0.15) is 11.6 Å². The van der Waals surface area contributed by atoms with Gasteiger partial charge >= 0.3 is 0 Å². The van der Waals surface area contributed by atoms with Crippen molar-refractivity contribution in [3.8, 4) is 0 Å². The van der Waals surface area contributed by atoms with Crippen LogP contribution >= 0.6 is 23.2 Å². The van der Waals surface area contributed by atoms with Crippen LogP contribution in [0.4, 0.5) is 11.6 Å². The molecule has 3 N–H and O–H groups in total. The Hall–Kier alpha value is -1.52. The summed E-state index contributed by atoms with van der Waals surface area (Å²) in [6.45, 7) is 2.59. The van der Waals surface area contributed by atoms with Crippen LogP contribution in [0.1, 0.15) is 11.1 Å². The molecule has 6 heteroatoms. The largest absolute Gasteiger partial charge is 0.382 e. The second-order valence-corrected chi connectivity index (χ2v) is 4.66. The lowest BCUT2D eigenvalue weighted by Crippen LogP contribution is -2.05. The van der Waals surface area contributed by atoms with Gasteiger partial charge in [-0.3, -0.25) is 4.98 Å². The van der Waals surface area contributed by atoms with E-state index in [-0.39, 0.29) is 5.82 Å². The van der Waals surface area contributed by atoms with Crippen LogP contribution in [0.25, 0.3) is 0 Å². The summed E-state index contributed by atoms with van der Waals surface area (Å²) < 4.78 is 0. The maximum absolute atomic E-state index is 6.03. The van der Waals surface area contributed by atoms with Crippen molar-refractivity contribution in [3.05, 3.63) is 45.7 Å². The summed E-state index contributed by atoms with van der Waals surface area (Å²) in [5, 5.41) is 3.91. The molecule has 0 saturated heterocycles. The molecule has 2 aromatic rings. The number of nitrogen functional groups attached to an aromatic ring is 1. The fourth-order valence-electron chi connectivity index (χ4n) is 1.47. The van der Waals surface area contributed by atoms with E-state index in [2.05, 4.69) is 15.3 Å². The van der Waals surface area contributed by atoms with Crippen molar-refractivity contribution < 1.29 is 0 Å². The zero-order valence-corrected chi connectivity index (χ0v) is 11.3. The smallest absolute Gasteiger partial charge is 0.147 e. The van der Waals surface area contributed by atoms with Crippen LogP contribution in [0.2, 0.25) is 10.0 Å². The zero-order valence-electron chi connectivity index (χ0n) is 9.74. The molecule has 0 spiro atoms. The third-order valence-electron chi connectivity index (χ3n) is 2.55. The third kappa shape index (κ3) is 2.83. The molecule has 0 saturated carbocycles. The highest BCUT2D eigenvalue weighted by Gasteiger charge is 2.07. The Morgan fingerprint density at radius 3 is 2.83 bits per heavy atom. The lowest BCUT2D eigenvalue weighted by molar-refractivity contribution is 1.06. The first-order valence-electron chi connectivity index (χ1n) is 5.33. The Balaban J connectivity index is 2.16. The maximum atomic E-state index is 6.03. The third-order valence-corrected chi connectivity index (χ3v) is 3.14. The van der Waals surface area contributed by atoms with E-state index in [4.69, 9.17) is 28.9 Å². The minimum absolute atomic E-state index is 0.256. The molecule has 2 rings (SSSR count). The number of pyridine rings is 2. The Labute approximate surface area is 115 Å². The number of rotatable bonds is 3. The quantitative estimate of drug-likeness (QED) is 0.907. The van der Waals surface area contributed by atoms with Crippen molar-refractivity contribution in [2.75, 3.05) is 11.1 Å². The van der Waals surface area contributed by atoms with Crippen molar-refractivity contribution >= 4 is 34.8 Å². The molecule has 94 valence electrons. The van der Waals surface area contributed by atoms with Gasteiger partial charge in [0, 0.05) is 18.9 Å². The molecule has 0 radical (unpaired) electrons. The molecule has 0 bridgehead atoms. The Kier molecular flexibility index (Phi) is 3.89. The average molecular weight is 283 g/mol. The molecule has 0 aliphatic carbocycles. The first-order chi connectivity index (χ1) is 8.58. The molecule has 2 aromatic heterocycles. The summed E-state index contributed by atoms with van der Waals surface area (Å²) >= 11 is 11.8. The van der Waals surface area contributed by atoms with Gasteiger partial charge in [0.15, 0.2) is 0 Å². The summed E-state index contributed by atoms with van der Waals surface area (Å²) in [6, 6.07) is 3.52. The van der Waals surface area contributed by atoms with Crippen LogP contribution in [0.15, 0.2) is 24.5 Å². The predicted molar refractivity (Wildman–Crippen MR) is 75.0 cm³/mol. The molecule has 0 amide bonds. The summed E-state index contributed by atoms with van der Waals surface area (Å²) in [5.41, 5.74) is 7.86. The van der Waals surface area contributed by atoms with Crippen LogP contribution in [0.5, 0.6) is 0 Å². The SMILES string of the molecule is Cc1ccncc1CNc1nc(N)c(Cl)cc1Cl. The number of halogens is 2. The number of aryl methyl sites for hydroxylation is 1. The van der Waals surface area contributed by atoms with Crippen molar-refractivity contribution in [1.82, 2.24) is 9.97 Å². The Bertz CT molecular complexity index is 572. The van der Waals surface area contributed by atoms with E-state index >= 15 is 0 Å². The van der Waals surface area contributed by atoms with Gasteiger partial charge in [-0.15, -0.1) is 0 Å². The van der Waals surface area contributed by atoms with Gasteiger partial charge < -0.3 is 11.1 Å². The van der Waals surface area contributed by atoms with E-state index in [1.165, 1.54) is 0 Å². The molecule has 2 heterocycles. The first-order valence-corrected chi connectivity index (χ1v) is 6.08. The number of nitrogens with zero attached hydrogens (tertiary/aromatic N) is 2. The topological polar surface area (TPSA) is 63.8 Å². The van der Waals surface area contributed by atoms with Gasteiger partial charge in [-0.05, 0) is 30.2 Å². The minimum Gasteiger partial charge on any atom is -0.382 e. The molecular weight excluding hydrogens is 271 g/mol. The summed E-state index contributed by atoms with van der Waals surface area (Å²) in [4.78, 5) is 8.17. The molecule has 4 nitrogen and oxygen atoms in total. The molecular formula is C12H12Cl2N4. The second-order valence-electron chi connectivity index (χ2n) is 3.84. The lowest BCUT2D eigenvalue weighted by atomic mass is 10.1. The molecule has 18 heavy (non-hydrogen) atoms. The van der Waals surface area contributed by atoms with Crippen LogP contribution in [0.3, 0.4) is 0 Å². The van der Waals surface area contributed by atoms with Gasteiger partial charge in [-0.1, -0.05) is 23.2 Å². The number of hydrogen-bond donors (Lipinski definition) is 2. The van der Waals surface area contributed by atoms with Crippen molar-refractivity contribution in [2.45, 2.75) is 13.5 Å². The number of nitrogens with two attached hydrogens (primary N) is 1. The van der Waals surface area contributed by atoms with Crippen LogP contribution < -0.4 is 11.1 Å². The van der Waals surface area contributed by atoms with E-state index in [0.29, 0.717) is 22.4 Å². The standard InChI is InChI=1S/C12H12Cl2N4/c1-7-2-3-16-5-8(7)6-17-12-10(14)4-9(13)11(15)18-12/h2-5H,6H2,1H3,(H3,15,17,18). The van der Waals surface area contributed by atoms with E-state index in [9.17, 15) is 0 Å². The number of anilines is 2. The number of hydrogen-bond acceptors (Lipinski definition) is 4.